The number of carbonyl (C=O) groups is 2. The second-order valence-electron chi connectivity index (χ2n) is 5.48. The third-order valence-electron chi connectivity index (χ3n) is 3.82. The van der Waals surface area contributed by atoms with E-state index in [1.807, 2.05) is 30.3 Å². The summed E-state index contributed by atoms with van der Waals surface area (Å²) in [5, 5.41) is 0. The van der Waals surface area contributed by atoms with Crippen LogP contribution in [0.3, 0.4) is 0 Å². The molecule has 0 bridgehead atoms. The molecule has 1 saturated heterocycles. The van der Waals surface area contributed by atoms with Crippen molar-refractivity contribution < 1.29 is 18.7 Å². The van der Waals surface area contributed by atoms with Crippen LogP contribution >= 0.6 is 0 Å². The first kappa shape index (κ1) is 15.9. The Hall–Kier alpha value is -2.95. The van der Waals surface area contributed by atoms with E-state index in [0.717, 1.165) is 10.5 Å². The number of carbonyl (C=O) groups excluding carboxylic acids is 2. The molecule has 1 fully saturated rings. The van der Waals surface area contributed by atoms with Crippen molar-refractivity contribution in [2.24, 2.45) is 0 Å². The zero-order valence-corrected chi connectivity index (χ0v) is 12.9. The van der Waals surface area contributed by atoms with Crippen LogP contribution in [0.5, 0.6) is 0 Å². The lowest BCUT2D eigenvalue weighted by Gasteiger charge is -2.18. The summed E-state index contributed by atoms with van der Waals surface area (Å²) in [7, 11) is 0. The number of imide groups is 1. The topological polar surface area (TPSA) is 46.6 Å². The molecule has 0 N–H and O–H groups in total. The van der Waals surface area contributed by atoms with Crippen LogP contribution in [0.1, 0.15) is 11.1 Å². The quantitative estimate of drug-likeness (QED) is 0.809. The lowest BCUT2D eigenvalue weighted by atomic mass is 10.1. The van der Waals surface area contributed by atoms with Crippen LogP contribution in [0.15, 0.2) is 60.7 Å². The maximum Gasteiger partial charge on any atom is 0.417 e. The Labute approximate surface area is 139 Å². The van der Waals surface area contributed by atoms with E-state index in [9.17, 15) is 14.0 Å². The normalized spacial score (nSPS) is 17.3. The summed E-state index contributed by atoms with van der Waals surface area (Å²) in [4.78, 5) is 25.3. The minimum atomic E-state index is -0.667. The summed E-state index contributed by atoms with van der Waals surface area (Å²) in [6.45, 7) is 0.160. The second kappa shape index (κ2) is 7.08. The molecule has 4 nitrogen and oxygen atoms in total. The van der Waals surface area contributed by atoms with Gasteiger partial charge in [-0.15, -0.1) is 0 Å². The van der Waals surface area contributed by atoms with Gasteiger partial charge in [0.1, 0.15) is 12.4 Å². The third kappa shape index (κ3) is 3.51. The van der Waals surface area contributed by atoms with Crippen LogP contribution in [0, 0.1) is 5.82 Å². The Balaban J connectivity index is 1.74. The highest BCUT2D eigenvalue weighted by Gasteiger charge is 2.36. The fourth-order valence-corrected chi connectivity index (χ4v) is 2.62. The van der Waals surface area contributed by atoms with E-state index < -0.39 is 17.8 Å². The average Bonchev–Trinajstić information content (AvgIpc) is 2.95. The van der Waals surface area contributed by atoms with Gasteiger partial charge in [0.25, 0.3) is 5.91 Å². The maximum absolute atomic E-state index is 13.6. The molecule has 2 aromatic rings. The number of amides is 2. The van der Waals surface area contributed by atoms with Crippen LogP contribution < -0.4 is 0 Å². The Morgan fingerprint density at radius 3 is 2.62 bits per heavy atom. The SMILES string of the molecule is O=C(/C=C/c1ccccc1F)N1C(=O)OC[C@H]1Cc1ccccc1. The van der Waals surface area contributed by atoms with Crippen molar-refractivity contribution in [2.45, 2.75) is 12.5 Å². The van der Waals surface area contributed by atoms with Gasteiger partial charge in [-0.1, -0.05) is 48.5 Å². The molecule has 1 aliphatic heterocycles. The van der Waals surface area contributed by atoms with Gasteiger partial charge >= 0.3 is 6.09 Å². The van der Waals surface area contributed by atoms with Crippen LogP contribution in [0.2, 0.25) is 0 Å². The van der Waals surface area contributed by atoms with Crippen LogP contribution in [-0.4, -0.2) is 29.5 Å². The summed E-state index contributed by atoms with van der Waals surface area (Å²) >= 11 is 0. The number of hydrogen-bond donors (Lipinski definition) is 0. The molecular formula is C19H16FNO3. The van der Waals surface area contributed by atoms with E-state index in [0.29, 0.717) is 6.42 Å². The Kier molecular flexibility index (Phi) is 4.70. The third-order valence-corrected chi connectivity index (χ3v) is 3.82. The van der Waals surface area contributed by atoms with Crippen LogP contribution in [0.25, 0.3) is 6.08 Å². The average molecular weight is 325 g/mol. The molecule has 2 amide bonds. The number of halogens is 1. The maximum atomic E-state index is 13.6. The minimum absolute atomic E-state index is 0.160. The second-order valence-corrected chi connectivity index (χ2v) is 5.48. The molecule has 122 valence electrons. The predicted octanol–water partition coefficient (Wildman–Crippen LogP) is 3.43. The molecule has 0 aromatic heterocycles. The molecule has 0 aliphatic carbocycles. The zero-order chi connectivity index (χ0) is 16.9. The summed E-state index contributed by atoms with van der Waals surface area (Å²) in [5.74, 6) is -0.937. The molecule has 0 saturated carbocycles. The predicted molar refractivity (Wildman–Crippen MR) is 87.6 cm³/mol. The van der Waals surface area contributed by atoms with Gasteiger partial charge in [0.2, 0.25) is 0 Å². The van der Waals surface area contributed by atoms with Gasteiger partial charge in [-0.2, -0.15) is 0 Å². The van der Waals surface area contributed by atoms with E-state index in [2.05, 4.69) is 0 Å². The summed E-state index contributed by atoms with van der Waals surface area (Å²) in [6.07, 6.45) is 2.41. The first-order valence-electron chi connectivity index (χ1n) is 7.61. The molecule has 0 unspecified atom stereocenters. The lowest BCUT2D eigenvalue weighted by Crippen LogP contribution is -2.39. The minimum Gasteiger partial charge on any atom is -0.447 e. The van der Waals surface area contributed by atoms with E-state index in [1.54, 1.807) is 18.2 Å². The number of benzene rings is 2. The van der Waals surface area contributed by atoms with E-state index >= 15 is 0 Å². The molecule has 1 aliphatic rings. The molecule has 1 atom stereocenters. The number of rotatable bonds is 4. The number of ether oxygens (including phenoxy) is 1. The van der Waals surface area contributed by atoms with Gasteiger partial charge in [0, 0.05) is 11.6 Å². The monoisotopic (exact) mass is 325 g/mol. The first-order chi connectivity index (χ1) is 11.6. The van der Waals surface area contributed by atoms with Crippen molar-refractivity contribution in [3.05, 3.63) is 77.6 Å². The van der Waals surface area contributed by atoms with Gasteiger partial charge in [0.15, 0.2) is 0 Å². The number of hydrogen-bond acceptors (Lipinski definition) is 3. The van der Waals surface area contributed by atoms with E-state index in [-0.39, 0.29) is 18.2 Å². The summed E-state index contributed by atoms with van der Waals surface area (Å²) in [5.41, 5.74) is 1.30. The standard InChI is InChI=1S/C19H16FNO3/c20-17-9-5-4-8-15(17)10-11-18(22)21-16(13-24-19(21)23)12-14-6-2-1-3-7-14/h1-11,16H,12-13H2/b11-10+/t16-/m1/s1. The molecule has 3 rings (SSSR count). The van der Waals surface area contributed by atoms with Crippen molar-refractivity contribution in [2.75, 3.05) is 6.61 Å². The zero-order valence-electron chi connectivity index (χ0n) is 12.9. The largest absolute Gasteiger partial charge is 0.447 e. The van der Waals surface area contributed by atoms with Gasteiger partial charge in [0.05, 0.1) is 6.04 Å². The van der Waals surface area contributed by atoms with Crippen molar-refractivity contribution in [3.63, 3.8) is 0 Å². The Morgan fingerprint density at radius 2 is 1.88 bits per heavy atom. The van der Waals surface area contributed by atoms with Crippen molar-refractivity contribution in [1.82, 2.24) is 4.90 Å². The molecule has 2 aromatic carbocycles. The highest BCUT2D eigenvalue weighted by Crippen LogP contribution is 2.18. The van der Waals surface area contributed by atoms with E-state index in [1.165, 1.54) is 18.2 Å². The number of nitrogens with zero attached hydrogens (tertiary/aromatic N) is 1. The first-order valence-corrected chi connectivity index (χ1v) is 7.61. The molecule has 1 heterocycles. The van der Waals surface area contributed by atoms with Crippen molar-refractivity contribution >= 4 is 18.1 Å². The molecule has 0 spiro atoms. The smallest absolute Gasteiger partial charge is 0.417 e. The highest BCUT2D eigenvalue weighted by molar-refractivity contribution is 6.02. The lowest BCUT2D eigenvalue weighted by molar-refractivity contribution is -0.124. The summed E-state index contributed by atoms with van der Waals surface area (Å²) < 4.78 is 18.6. The molecule has 0 radical (unpaired) electrons. The van der Waals surface area contributed by atoms with E-state index in [4.69, 9.17) is 4.74 Å². The number of cyclic esters (lactones) is 1. The molecule has 5 heteroatoms. The fraction of sp³-hybridized carbons (Fsp3) is 0.158. The Morgan fingerprint density at radius 1 is 1.17 bits per heavy atom. The Bertz CT molecular complexity index is 773. The fourth-order valence-electron chi connectivity index (χ4n) is 2.62. The van der Waals surface area contributed by atoms with Gasteiger partial charge in [-0.3, -0.25) is 4.79 Å². The van der Waals surface area contributed by atoms with Crippen LogP contribution in [-0.2, 0) is 16.0 Å². The van der Waals surface area contributed by atoms with Gasteiger partial charge < -0.3 is 4.74 Å². The van der Waals surface area contributed by atoms with Crippen molar-refractivity contribution in [1.29, 1.82) is 0 Å². The van der Waals surface area contributed by atoms with Gasteiger partial charge in [-0.25, -0.2) is 14.1 Å². The van der Waals surface area contributed by atoms with Crippen LogP contribution in [0.4, 0.5) is 9.18 Å². The highest BCUT2D eigenvalue weighted by atomic mass is 19.1. The molecular weight excluding hydrogens is 309 g/mol. The summed E-state index contributed by atoms with van der Waals surface area (Å²) in [6, 6.07) is 15.3. The van der Waals surface area contributed by atoms with Gasteiger partial charge in [-0.05, 0) is 24.1 Å². The molecule has 24 heavy (non-hydrogen) atoms. The van der Waals surface area contributed by atoms with Crippen molar-refractivity contribution in [3.8, 4) is 0 Å².